The molecule has 4 aliphatic rings. The Balaban J connectivity index is 0.887. The highest BCUT2D eigenvalue weighted by Crippen LogP contribution is 2.42. The van der Waals surface area contributed by atoms with Crippen molar-refractivity contribution in [3.05, 3.63) is 107 Å². The van der Waals surface area contributed by atoms with Crippen molar-refractivity contribution in [1.29, 1.82) is 0 Å². The number of nitrogens with one attached hydrogen (secondary N) is 2. The molecule has 2 amide bonds. The van der Waals surface area contributed by atoms with Crippen molar-refractivity contribution in [2.24, 2.45) is 10.9 Å². The van der Waals surface area contributed by atoms with E-state index in [0.29, 0.717) is 90.1 Å². The van der Waals surface area contributed by atoms with Crippen LogP contribution in [0.1, 0.15) is 71.9 Å². The number of methoxy groups -OCH3 is 3. The third kappa shape index (κ3) is 8.04. The first-order valence-corrected chi connectivity index (χ1v) is 20.2. The summed E-state index contributed by atoms with van der Waals surface area (Å²) in [7, 11) is 4.77. The SMILES string of the molecule is COc1ccc(C2=CN3C(=O)c4cc(OC)c(OCCCOc5cc6c(cc5OC)C(=O)N5C=C(c7ccc(NC(C)C(C)C)cc7)C[C@H]5C=N6)cc4NC[C@@H]3C2)cc1. The number of fused-ring (bicyclic) bond motifs is 4. The molecule has 1 unspecified atom stereocenters. The molecule has 0 bridgehead atoms. The number of anilines is 2. The Labute approximate surface area is 345 Å². The van der Waals surface area contributed by atoms with Crippen LogP contribution < -0.4 is 34.3 Å². The van der Waals surface area contributed by atoms with Gasteiger partial charge in [-0.1, -0.05) is 38.1 Å². The van der Waals surface area contributed by atoms with Gasteiger partial charge in [0.1, 0.15) is 5.75 Å². The predicted molar refractivity (Wildman–Crippen MR) is 231 cm³/mol. The standard InChI is InChI=1S/C47H51N5O7/c1-28(2)29(3)50-34-12-8-30(9-13-34)32-18-35-24-48-40-22-44(42(56-5)20-38(40)46(53)51(35)26-32)58-16-7-17-59-45-23-41-39(21-43(45)57-6)47(54)52-27-33(19-36(52)25-49-41)31-10-14-37(55-4)15-11-31/h8-15,20-24,26-29,35-36,49-50H,7,16-19,25H2,1-6H3/t29?,35-,36-/m0/s1. The Hall–Kier alpha value is -6.43. The molecule has 4 aromatic carbocycles. The normalized spacial score (nSPS) is 18.4. The first-order valence-electron chi connectivity index (χ1n) is 20.2. The molecular weight excluding hydrogens is 747 g/mol. The van der Waals surface area contributed by atoms with Gasteiger partial charge in [-0.25, -0.2) is 0 Å². The van der Waals surface area contributed by atoms with Crippen LogP contribution in [0.3, 0.4) is 0 Å². The number of carbonyl (C=O) groups excluding carboxylic acids is 2. The Bertz CT molecular complexity index is 2320. The maximum absolute atomic E-state index is 13.9. The van der Waals surface area contributed by atoms with E-state index in [2.05, 4.69) is 55.7 Å². The number of carbonyl (C=O) groups is 2. The smallest absolute Gasteiger partial charge is 0.260 e. The van der Waals surface area contributed by atoms with Gasteiger partial charge in [-0.2, -0.15) is 0 Å². The van der Waals surface area contributed by atoms with E-state index in [1.54, 1.807) is 44.4 Å². The molecule has 3 atom stereocenters. The summed E-state index contributed by atoms with van der Waals surface area (Å²) in [5.74, 6) is 3.02. The van der Waals surface area contributed by atoms with Gasteiger partial charge in [0.05, 0.1) is 69.1 Å². The van der Waals surface area contributed by atoms with Crippen LogP contribution in [-0.4, -0.2) is 87.0 Å². The monoisotopic (exact) mass is 797 g/mol. The van der Waals surface area contributed by atoms with Gasteiger partial charge < -0.3 is 44.1 Å². The van der Waals surface area contributed by atoms with E-state index in [1.165, 1.54) is 0 Å². The molecule has 306 valence electrons. The number of hydrogen-bond acceptors (Lipinski definition) is 10. The van der Waals surface area contributed by atoms with Gasteiger partial charge in [0, 0.05) is 61.9 Å². The van der Waals surface area contributed by atoms with Gasteiger partial charge >= 0.3 is 0 Å². The zero-order chi connectivity index (χ0) is 41.2. The Kier molecular flexibility index (Phi) is 11.2. The molecule has 0 aliphatic carbocycles. The van der Waals surface area contributed by atoms with Crippen LogP contribution in [0.4, 0.5) is 17.1 Å². The molecule has 0 saturated heterocycles. The average molecular weight is 798 g/mol. The lowest BCUT2D eigenvalue weighted by Crippen LogP contribution is -2.34. The summed E-state index contributed by atoms with van der Waals surface area (Å²) in [4.78, 5) is 36.0. The Morgan fingerprint density at radius 2 is 1.34 bits per heavy atom. The first kappa shape index (κ1) is 39.4. The highest BCUT2D eigenvalue weighted by molar-refractivity contribution is 6.06. The maximum Gasteiger partial charge on any atom is 0.260 e. The van der Waals surface area contributed by atoms with Gasteiger partial charge in [-0.3, -0.25) is 14.6 Å². The Morgan fingerprint density at radius 1 is 0.729 bits per heavy atom. The van der Waals surface area contributed by atoms with Crippen molar-refractivity contribution in [1.82, 2.24) is 9.80 Å². The van der Waals surface area contributed by atoms with Gasteiger partial charge in [-0.05, 0) is 77.9 Å². The van der Waals surface area contributed by atoms with Crippen molar-refractivity contribution in [3.63, 3.8) is 0 Å². The molecule has 4 aliphatic heterocycles. The molecule has 0 saturated carbocycles. The van der Waals surface area contributed by atoms with Gasteiger partial charge in [0.25, 0.3) is 11.8 Å². The maximum atomic E-state index is 13.9. The summed E-state index contributed by atoms with van der Waals surface area (Å²) in [5, 5.41) is 7.03. The lowest BCUT2D eigenvalue weighted by molar-refractivity contribution is 0.0793. The minimum absolute atomic E-state index is 0.0229. The third-order valence-corrected chi connectivity index (χ3v) is 11.6. The fourth-order valence-electron chi connectivity index (χ4n) is 7.80. The van der Waals surface area contributed by atoms with Crippen molar-refractivity contribution < 1.29 is 33.3 Å². The van der Waals surface area contributed by atoms with E-state index in [1.807, 2.05) is 53.8 Å². The predicted octanol–water partition coefficient (Wildman–Crippen LogP) is 8.67. The lowest BCUT2D eigenvalue weighted by atomic mass is 10.0. The van der Waals surface area contributed by atoms with E-state index in [0.717, 1.165) is 40.1 Å². The molecule has 12 heteroatoms. The van der Waals surface area contributed by atoms with Gasteiger partial charge in [0.2, 0.25) is 0 Å². The molecule has 0 radical (unpaired) electrons. The highest BCUT2D eigenvalue weighted by Gasteiger charge is 2.36. The van der Waals surface area contributed by atoms with Crippen LogP contribution in [0.5, 0.6) is 28.7 Å². The van der Waals surface area contributed by atoms with E-state index in [4.69, 9.17) is 28.7 Å². The van der Waals surface area contributed by atoms with E-state index < -0.39 is 0 Å². The number of amides is 2. The van der Waals surface area contributed by atoms with E-state index >= 15 is 0 Å². The van der Waals surface area contributed by atoms with E-state index in [9.17, 15) is 9.59 Å². The summed E-state index contributed by atoms with van der Waals surface area (Å²) in [5.41, 5.74) is 7.62. The molecule has 0 spiro atoms. The fraction of sp³-hybridized carbons (Fsp3) is 0.340. The van der Waals surface area contributed by atoms with Crippen molar-refractivity contribution in [3.8, 4) is 28.7 Å². The molecule has 8 rings (SSSR count). The summed E-state index contributed by atoms with van der Waals surface area (Å²) < 4.78 is 29.0. The molecule has 12 nitrogen and oxygen atoms in total. The minimum atomic E-state index is -0.193. The molecule has 59 heavy (non-hydrogen) atoms. The zero-order valence-electron chi connectivity index (χ0n) is 34.4. The summed E-state index contributed by atoms with van der Waals surface area (Å²) in [6.07, 6.45) is 7.69. The van der Waals surface area contributed by atoms with E-state index in [-0.39, 0.29) is 23.9 Å². The highest BCUT2D eigenvalue weighted by atomic mass is 16.5. The number of nitrogens with zero attached hydrogens (tertiary/aromatic N) is 3. The molecule has 0 aromatic heterocycles. The van der Waals surface area contributed by atoms with Crippen molar-refractivity contribution >= 4 is 46.2 Å². The van der Waals surface area contributed by atoms with Gasteiger partial charge in [0.15, 0.2) is 23.0 Å². The fourth-order valence-corrected chi connectivity index (χ4v) is 7.80. The van der Waals surface area contributed by atoms with Gasteiger partial charge in [-0.15, -0.1) is 0 Å². The Morgan fingerprint density at radius 3 is 2.00 bits per heavy atom. The number of rotatable bonds is 14. The topological polar surface area (TPSA) is 123 Å². The second-order valence-electron chi connectivity index (χ2n) is 15.6. The first-order chi connectivity index (χ1) is 28.6. The largest absolute Gasteiger partial charge is 0.497 e. The lowest BCUT2D eigenvalue weighted by Gasteiger charge is -2.20. The van der Waals surface area contributed by atoms with Crippen LogP contribution in [-0.2, 0) is 0 Å². The zero-order valence-corrected chi connectivity index (χ0v) is 34.4. The number of benzene rings is 4. The molecule has 4 heterocycles. The molecule has 4 aromatic rings. The second-order valence-corrected chi connectivity index (χ2v) is 15.6. The number of aliphatic imine (C=N–C) groups is 1. The third-order valence-electron chi connectivity index (χ3n) is 11.6. The van der Waals surface area contributed by atoms with Crippen molar-refractivity contribution in [2.45, 2.75) is 58.2 Å². The summed E-state index contributed by atoms with van der Waals surface area (Å²) in [6.45, 7) is 7.83. The summed E-state index contributed by atoms with van der Waals surface area (Å²) >= 11 is 0. The van der Waals surface area contributed by atoms with Crippen LogP contribution in [0, 0.1) is 5.92 Å². The molecule has 0 fully saturated rings. The molecule has 2 N–H and O–H groups in total. The average Bonchev–Trinajstić information content (AvgIpc) is 3.83. The minimum Gasteiger partial charge on any atom is -0.497 e. The quantitative estimate of drug-likeness (QED) is 0.121. The summed E-state index contributed by atoms with van der Waals surface area (Å²) in [6, 6.07) is 23.5. The van der Waals surface area contributed by atoms with Crippen LogP contribution in [0.25, 0.3) is 11.1 Å². The van der Waals surface area contributed by atoms with Crippen LogP contribution in [0.15, 0.2) is 90.2 Å². The van der Waals surface area contributed by atoms with Crippen LogP contribution >= 0.6 is 0 Å². The van der Waals surface area contributed by atoms with Crippen molar-refractivity contribution in [2.75, 3.05) is 51.7 Å². The van der Waals surface area contributed by atoms with Crippen LogP contribution in [0.2, 0.25) is 0 Å². The number of ether oxygens (including phenoxy) is 5. The second kappa shape index (κ2) is 16.8. The molecular formula is C47H51N5O7. The number of hydrogen-bond donors (Lipinski definition) is 2.